The lowest BCUT2D eigenvalue weighted by Gasteiger charge is -2.36. The molecule has 6 nitrogen and oxygen atoms in total. The lowest BCUT2D eigenvalue weighted by atomic mass is 9.94. The molecule has 1 atom stereocenters. The third-order valence-corrected chi connectivity index (χ3v) is 6.61. The van der Waals surface area contributed by atoms with Crippen LogP contribution in [0.1, 0.15) is 40.1 Å². The van der Waals surface area contributed by atoms with Crippen LogP contribution in [0.25, 0.3) is 0 Å². The lowest BCUT2D eigenvalue weighted by Crippen LogP contribution is -2.50. The summed E-state index contributed by atoms with van der Waals surface area (Å²) in [5.74, 6) is -0.430. The molecule has 1 unspecified atom stereocenters. The molecule has 170 valence electrons. The summed E-state index contributed by atoms with van der Waals surface area (Å²) in [6, 6.07) is 18.4. The van der Waals surface area contributed by atoms with Crippen molar-refractivity contribution in [3.05, 3.63) is 82.0 Å². The lowest BCUT2D eigenvalue weighted by molar-refractivity contribution is -0.124. The van der Waals surface area contributed by atoms with E-state index in [2.05, 4.69) is 10.6 Å². The Hall–Kier alpha value is -3.45. The quantitative estimate of drug-likeness (QED) is 0.507. The normalized spacial score (nSPS) is 14.9. The Kier molecular flexibility index (Phi) is 7.19. The van der Waals surface area contributed by atoms with Crippen molar-refractivity contribution in [3.8, 4) is 0 Å². The van der Waals surface area contributed by atoms with Crippen molar-refractivity contribution in [3.63, 3.8) is 0 Å². The topological polar surface area (TPSA) is 78.5 Å². The predicted molar refractivity (Wildman–Crippen MR) is 132 cm³/mol. The SMILES string of the molecule is Cc1ccc(NC(=O)C2CCc3ccccc3N2C(=O)CCCNC(=O)c2cccs2)cc1. The van der Waals surface area contributed by atoms with Crippen LogP contribution in [0.5, 0.6) is 0 Å². The van der Waals surface area contributed by atoms with E-state index in [9.17, 15) is 14.4 Å². The summed E-state index contributed by atoms with van der Waals surface area (Å²) in [4.78, 5) is 40.8. The Bertz CT molecular complexity index is 1130. The molecule has 0 aliphatic carbocycles. The maximum atomic E-state index is 13.3. The number of rotatable bonds is 7. The van der Waals surface area contributed by atoms with Gasteiger partial charge in [0.05, 0.1) is 4.88 Å². The highest BCUT2D eigenvalue weighted by Crippen LogP contribution is 2.32. The molecule has 7 heteroatoms. The van der Waals surface area contributed by atoms with Gasteiger partial charge < -0.3 is 10.6 Å². The Labute approximate surface area is 197 Å². The Morgan fingerprint density at radius 1 is 1.03 bits per heavy atom. The van der Waals surface area contributed by atoms with Crippen LogP contribution in [0.4, 0.5) is 11.4 Å². The van der Waals surface area contributed by atoms with Gasteiger partial charge in [-0.1, -0.05) is 42.0 Å². The van der Waals surface area contributed by atoms with E-state index in [0.717, 1.165) is 23.2 Å². The molecule has 33 heavy (non-hydrogen) atoms. The molecule has 1 aromatic heterocycles. The minimum Gasteiger partial charge on any atom is -0.351 e. The van der Waals surface area contributed by atoms with Gasteiger partial charge in [0.15, 0.2) is 0 Å². The van der Waals surface area contributed by atoms with Gasteiger partial charge in [0.1, 0.15) is 6.04 Å². The monoisotopic (exact) mass is 461 g/mol. The molecule has 1 aliphatic rings. The Balaban J connectivity index is 1.43. The summed E-state index contributed by atoms with van der Waals surface area (Å²) in [6.45, 7) is 2.39. The zero-order valence-corrected chi connectivity index (χ0v) is 19.4. The van der Waals surface area contributed by atoms with E-state index in [4.69, 9.17) is 0 Å². The molecule has 0 spiro atoms. The van der Waals surface area contributed by atoms with Gasteiger partial charge in [0.2, 0.25) is 11.8 Å². The Morgan fingerprint density at radius 2 is 1.82 bits per heavy atom. The fourth-order valence-corrected chi connectivity index (χ4v) is 4.66. The number of aryl methyl sites for hydroxylation is 2. The van der Waals surface area contributed by atoms with Crippen molar-refractivity contribution >= 4 is 40.4 Å². The summed E-state index contributed by atoms with van der Waals surface area (Å²) < 4.78 is 0. The van der Waals surface area contributed by atoms with Crippen molar-refractivity contribution in [2.24, 2.45) is 0 Å². The number of thiophene rings is 1. The van der Waals surface area contributed by atoms with Crippen LogP contribution < -0.4 is 15.5 Å². The minimum absolute atomic E-state index is 0.114. The van der Waals surface area contributed by atoms with E-state index in [1.165, 1.54) is 11.3 Å². The summed E-state index contributed by atoms with van der Waals surface area (Å²) >= 11 is 1.38. The van der Waals surface area contributed by atoms with Gasteiger partial charge in [-0.05, 0) is 61.4 Å². The third-order valence-electron chi connectivity index (χ3n) is 5.74. The van der Waals surface area contributed by atoms with Gasteiger partial charge >= 0.3 is 0 Å². The number of carbonyl (C=O) groups is 3. The van der Waals surface area contributed by atoms with Crippen LogP contribution in [0.2, 0.25) is 0 Å². The van der Waals surface area contributed by atoms with Gasteiger partial charge in [0, 0.05) is 24.3 Å². The van der Waals surface area contributed by atoms with Crippen LogP contribution >= 0.6 is 11.3 Å². The van der Waals surface area contributed by atoms with E-state index in [1.54, 1.807) is 11.0 Å². The van der Waals surface area contributed by atoms with Crippen molar-refractivity contribution < 1.29 is 14.4 Å². The maximum absolute atomic E-state index is 13.3. The summed E-state index contributed by atoms with van der Waals surface area (Å²) in [6.07, 6.45) is 2.05. The molecule has 1 aliphatic heterocycles. The molecule has 0 fully saturated rings. The fourth-order valence-electron chi connectivity index (χ4n) is 4.02. The third kappa shape index (κ3) is 5.49. The summed E-state index contributed by atoms with van der Waals surface area (Å²) in [5, 5.41) is 7.67. The molecular weight excluding hydrogens is 434 g/mol. The van der Waals surface area contributed by atoms with Crippen molar-refractivity contribution in [2.75, 3.05) is 16.8 Å². The maximum Gasteiger partial charge on any atom is 0.261 e. The van der Waals surface area contributed by atoms with E-state index in [0.29, 0.717) is 30.0 Å². The standard InChI is InChI=1S/C26H27N3O3S/c1-18-10-13-20(14-11-18)28-25(31)22-15-12-19-6-2-3-7-21(19)29(22)24(30)9-4-16-27-26(32)23-8-5-17-33-23/h2-3,5-8,10-11,13-14,17,22H,4,9,12,15-16H2,1H3,(H,27,32)(H,28,31). The van der Waals surface area contributed by atoms with Gasteiger partial charge in [0.25, 0.3) is 5.91 Å². The van der Waals surface area contributed by atoms with E-state index >= 15 is 0 Å². The molecule has 0 radical (unpaired) electrons. The molecule has 2 heterocycles. The fraction of sp³-hybridized carbons (Fsp3) is 0.269. The average Bonchev–Trinajstić information content (AvgIpc) is 3.37. The highest BCUT2D eigenvalue weighted by molar-refractivity contribution is 7.12. The molecule has 0 saturated heterocycles. The molecular formula is C26H27N3O3S. The zero-order chi connectivity index (χ0) is 23.2. The first-order valence-corrected chi connectivity index (χ1v) is 12.0. The first-order valence-electron chi connectivity index (χ1n) is 11.1. The predicted octanol–water partition coefficient (Wildman–Crippen LogP) is 4.55. The number of amides is 3. The smallest absolute Gasteiger partial charge is 0.261 e. The zero-order valence-electron chi connectivity index (χ0n) is 18.5. The first-order chi connectivity index (χ1) is 16.0. The molecule has 3 aromatic rings. The van der Waals surface area contributed by atoms with E-state index in [-0.39, 0.29) is 24.1 Å². The van der Waals surface area contributed by atoms with Crippen LogP contribution in [0.15, 0.2) is 66.0 Å². The number of para-hydroxylation sites is 1. The minimum atomic E-state index is -0.575. The number of fused-ring (bicyclic) bond motifs is 1. The molecule has 3 amide bonds. The highest BCUT2D eigenvalue weighted by Gasteiger charge is 2.35. The van der Waals surface area contributed by atoms with Crippen molar-refractivity contribution in [1.29, 1.82) is 0 Å². The van der Waals surface area contributed by atoms with E-state index < -0.39 is 6.04 Å². The van der Waals surface area contributed by atoms with Gasteiger partial charge in [-0.25, -0.2) is 0 Å². The number of hydrogen-bond acceptors (Lipinski definition) is 4. The highest BCUT2D eigenvalue weighted by atomic mass is 32.1. The van der Waals surface area contributed by atoms with Crippen LogP contribution in [-0.4, -0.2) is 30.3 Å². The number of carbonyl (C=O) groups excluding carboxylic acids is 3. The van der Waals surface area contributed by atoms with Gasteiger partial charge in [-0.2, -0.15) is 0 Å². The first kappa shape index (κ1) is 22.7. The molecule has 0 saturated carbocycles. The van der Waals surface area contributed by atoms with Crippen LogP contribution in [-0.2, 0) is 16.0 Å². The second-order valence-corrected chi connectivity index (χ2v) is 9.09. The summed E-state index contributed by atoms with van der Waals surface area (Å²) in [7, 11) is 0. The molecule has 2 N–H and O–H groups in total. The Morgan fingerprint density at radius 3 is 2.58 bits per heavy atom. The van der Waals surface area contributed by atoms with Crippen molar-refractivity contribution in [2.45, 2.75) is 38.6 Å². The number of benzene rings is 2. The van der Waals surface area contributed by atoms with Crippen LogP contribution in [0.3, 0.4) is 0 Å². The van der Waals surface area contributed by atoms with Crippen molar-refractivity contribution in [1.82, 2.24) is 5.32 Å². The molecule has 2 aromatic carbocycles. The second-order valence-electron chi connectivity index (χ2n) is 8.14. The average molecular weight is 462 g/mol. The molecule has 4 rings (SSSR count). The number of nitrogens with one attached hydrogen (secondary N) is 2. The van der Waals surface area contributed by atoms with Gasteiger partial charge in [-0.15, -0.1) is 11.3 Å². The number of hydrogen-bond donors (Lipinski definition) is 2. The van der Waals surface area contributed by atoms with Gasteiger partial charge in [-0.3, -0.25) is 19.3 Å². The van der Waals surface area contributed by atoms with Crippen LogP contribution in [0, 0.1) is 6.92 Å². The molecule has 0 bridgehead atoms. The largest absolute Gasteiger partial charge is 0.351 e. The second kappa shape index (κ2) is 10.4. The number of nitrogens with zero attached hydrogens (tertiary/aromatic N) is 1. The number of anilines is 2. The van der Waals surface area contributed by atoms with E-state index in [1.807, 2.05) is 66.9 Å². The summed E-state index contributed by atoms with van der Waals surface area (Å²) in [5.41, 5.74) is 3.69.